The summed E-state index contributed by atoms with van der Waals surface area (Å²) in [4.78, 5) is 0. The Morgan fingerprint density at radius 3 is 0.639 bits per heavy atom. The van der Waals surface area contributed by atoms with Gasteiger partial charge in [0.25, 0.3) is 0 Å². The second-order valence-corrected chi connectivity index (χ2v) is 13.4. The molecule has 0 aromatic heterocycles. The Kier molecular flexibility index (Phi) is 33.6. The molecule has 0 amide bonds. The van der Waals surface area contributed by atoms with Gasteiger partial charge in [-0.3, -0.25) is 0 Å². The van der Waals surface area contributed by atoms with Crippen LogP contribution in [0.2, 0.25) is 0 Å². The van der Waals surface area contributed by atoms with E-state index in [4.69, 9.17) is 0 Å². The molecule has 0 atom stereocenters. The molecule has 0 bridgehead atoms. The van der Waals surface area contributed by atoms with Crippen molar-refractivity contribution in [3.63, 3.8) is 0 Å². The second kappa shape index (κ2) is 33.3. The van der Waals surface area contributed by atoms with Crippen molar-refractivity contribution >= 4 is 11.2 Å². The zero-order valence-corrected chi connectivity index (χ0v) is 26.3. The van der Waals surface area contributed by atoms with E-state index in [0.717, 1.165) is 11.5 Å². The van der Waals surface area contributed by atoms with Gasteiger partial charge in [-0.1, -0.05) is 192 Å². The van der Waals surface area contributed by atoms with E-state index < -0.39 is 11.2 Å². The molecule has 0 aliphatic carbocycles. The Balaban J connectivity index is 3.13. The van der Waals surface area contributed by atoms with Crippen molar-refractivity contribution in [3.8, 4) is 0 Å². The Morgan fingerprint density at radius 1 is 0.278 bits per heavy atom. The molecule has 0 fully saturated rings. The average Bonchev–Trinajstić information content (AvgIpc) is 2.88. The summed E-state index contributed by atoms with van der Waals surface area (Å²) in [5.41, 5.74) is 0. The van der Waals surface area contributed by atoms with E-state index in [-0.39, 0.29) is 0 Å². The molecule has 0 N–H and O–H groups in total. The summed E-state index contributed by atoms with van der Waals surface area (Å²) in [5.74, 6) is 1.91. The third-order valence-corrected chi connectivity index (χ3v) is 9.44. The topological polar surface area (TPSA) is 23.1 Å². The molecule has 0 aliphatic rings. The minimum absolute atomic E-state index is 0.554. The van der Waals surface area contributed by atoms with Crippen LogP contribution in [0.4, 0.5) is 0 Å². The summed E-state index contributed by atoms with van der Waals surface area (Å²) < 4.78 is 12.2. The van der Waals surface area contributed by atoms with E-state index in [2.05, 4.69) is 13.8 Å². The van der Waals surface area contributed by atoms with E-state index in [1.54, 1.807) is 0 Å². The van der Waals surface area contributed by atoms with Crippen LogP contribution in [-0.4, -0.2) is 16.1 Å². The lowest BCUT2D eigenvalue weighted by Crippen LogP contribution is -2.11. The SMILES string of the molecule is CCCCCCCCCCCCCCCCC[S+]([O-])CCCCCCCCCCCCCCCCC. The van der Waals surface area contributed by atoms with Crippen molar-refractivity contribution in [2.75, 3.05) is 11.5 Å². The lowest BCUT2D eigenvalue weighted by atomic mass is 10.0. The van der Waals surface area contributed by atoms with Gasteiger partial charge in [-0.05, 0) is 25.7 Å². The highest BCUT2D eigenvalue weighted by Crippen LogP contribution is 2.15. The summed E-state index contributed by atoms with van der Waals surface area (Å²) in [6.45, 7) is 4.59. The van der Waals surface area contributed by atoms with Crippen molar-refractivity contribution in [2.24, 2.45) is 0 Å². The van der Waals surface area contributed by atoms with Gasteiger partial charge < -0.3 is 4.55 Å². The minimum Gasteiger partial charge on any atom is -0.616 e. The fourth-order valence-corrected chi connectivity index (χ4v) is 6.63. The van der Waals surface area contributed by atoms with Crippen LogP contribution in [0, 0.1) is 0 Å². The highest BCUT2D eigenvalue weighted by Gasteiger charge is 2.05. The summed E-state index contributed by atoms with van der Waals surface area (Å²) >= 11 is -0.554. The predicted molar refractivity (Wildman–Crippen MR) is 168 cm³/mol. The van der Waals surface area contributed by atoms with Gasteiger partial charge in [0, 0.05) is 0 Å². The fourth-order valence-electron chi connectivity index (χ4n) is 5.37. The number of hydrogen-bond donors (Lipinski definition) is 0. The number of hydrogen-bond acceptors (Lipinski definition) is 1. The molecule has 0 radical (unpaired) electrons. The molecule has 0 saturated carbocycles. The van der Waals surface area contributed by atoms with Crippen LogP contribution < -0.4 is 0 Å². The monoisotopic (exact) mass is 527 g/mol. The van der Waals surface area contributed by atoms with Gasteiger partial charge in [0.15, 0.2) is 0 Å². The van der Waals surface area contributed by atoms with Crippen LogP contribution in [0.15, 0.2) is 0 Å². The maximum Gasteiger partial charge on any atom is 0.105 e. The summed E-state index contributed by atoms with van der Waals surface area (Å²) in [6.07, 6.45) is 42.1. The molecular formula is C34H70OS. The molecule has 0 saturated heterocycles. The van der Waals surface area contributed by atoms with Crippen LogP contribution in [0.25, 0.3) is 0 Å². The Labute approximate surface area is 233 Å². The maximum absolute atomic E-state index is 12.2. The van der Waals surface area contributed by atoms with Crippen LogP contribution >= 0.6 is 0 Å². The van der Waals surface area contributed by atoms with Gasteiger partial charge in [-0.25, -0.2) is 0 Å². The summed E-state index contributed by atoms with van der Waals surface area (Å²) in [6, 6.07) is 0. The Morgan fingerprint density at radius 2 is 0.444 bits per heavy atom. The van der Waals surface area contributed by atoms with Gasteiger partial charge >= 0.3 is 0 Å². The maximum atomic E-state index is 12.2. The van der Waals surface area contributed by atoms with Crippen LogP contribution in [0.1, 0.15) is 206 Å². The average molecular weight is 527 g/mol. The van der Waals surface area contributed by atoms with Crippen molar-refractivity contribution in [3.05, 3.63) is 0 Å². The highest BCUT2D eigenvalue weighted by atomic mass is 32.2. The zero-order chi connectivity index (χ0) is 26.2. The second-order valence-electron chi connectivity index (χ2n) is 11.7. The quantitative estimate of drug-likeness (QED) is 0.0631. The largest absolute Gasteiger partial charge is 0.616 e. The molecule has 0 aromatic rings. The normalized spacial score (nSPS) is 11.7. The molecule has 0 aromatic carbocycles. The molecule has 0 aliphatic heterocycles. The van der Waals surface area contributed by atoms with Crippen molar-refractivity contribution in [1.29, 1.82) is 0 Å². The molecule has 218 valence electrons. The van der Waals surface area contributed by atoms with Gasteiger partial charge in [-0.2, -0.15) is 0 Å². The minimum atomic E-state index is -0.554. The highest BCUT2D eigenvalue weighted by molar-refractivity contribution is 7.91. The summed E-state index contributed by atoms with van der Waals surface area (Å²) in [5, 5.41) is 0. The standard InChI is InChI=1S/C34H70OS/c1-3-5-7-9-11-13-15-17-19-21-23-25-27-29-31-33-36(35)34-32-30-28-26-24-22-20-18-16-14-12-10-8-6-4-2/h3-34H2,1-2H3. The molecule has 1 nitrogen and oxygen atoms in total. The number of unbranched alkanes of at least 4 members (excludes halogenated alkanes) is 28. The van der Waals surface area contributed by atoms with Crippen molar-refractivity contribution in [1.82, 2.24) is 0 Å². The van der Waals surface area contributed by atoms with E-state index in [1.165, 1.54) is 193 Å². The van der Waals surface area contributed by atoms with Gasteiger partial charge in [0.1, 0.15) is 11.5 Å². The molecule has 2 heteroatoms. The molecule has 36 heavy (non-hydrogen) atoms. The van der Waals surface area contributed by atoms with Crippen molar-refractivity contribution < 1.29 is 4.55 Å². The van der Waals surface area contributed by atoms with E-state index in [9.17, 15) is 4.55 Å². The molecular weight excluding hydrogens is 456 g/mol. The number of rotatable bonds is 32. The smallest absolute Gasteiger partial charge is 0.105 e. The predicted octanol–water partition coefficient (Wildman–Crippen LogP) is 12.5. The zero-order valence-electron chi connectivity index (χ0n) is 25.4. The molecule has 0 spiro atoms. The molecule has 0 heterocycles. The van der Waals surface area contributed by atoms with Gasteiger partial charge in [-0.15, -0.1) is 0 Å². The van der Waals surface area contributed by atoms with E-state index in [1.807, 2.05) is 0 Å². The van der Waals surface area contributed by atoms with E-state index in [0.29, 0.717) is 0 Å². The first-order valence-corrected chi connectivity index (χ1v) is 18.6. The molecule has 0 rings (SSSR count). The Bertz CT molecular complexity index is 338. The lowest BCUT2D eigenvalue weighted by molar-refractivity contribution is 0.532. The van der Waals surface area contributed by atoms with Gasteiger partial charge in [0.05, 0.1) is 0 Å². The first kappa shape index (κ1) is 36.3. The van der Waals surface area contributed by atoms with Crippen LogP contribution in [-0.2, 0) is 11.2 Å². The molecule has 0 unspecified atom stereocenters. The van der Waals surface area contributed by atoms with Crippen LogP contribution in [0.3, 0.4) is 0 Å². The third kappa shape index (κ3) is 32.3. The first-order chi connectivity index (χ1) is 17.8. The lowest BCUT2D eigenvalue weighted by Gasteiger charge is -2.11. The third-order valence-electron chi connectivity index (χ3n) is 7.95. The van der Waals surface area contributed by atoms with Crippen molar-refractivity contribution in [2.45, 2.75) is 206 Å². The van der Waals surface area contributed by atoms with E-state index >= 15 is 0 Å². The van der Waals surface area contributed by atoms with Gasteiger partial charge in [0.2, 0.25) is 0 Å². The summed E-state index contributed by atoms with van der Waals surface area (Å²) in [7, 11) is 0. The fraction of sp³-hybridized carbons (Fsp3) is 1.00. The Hall–Kier alpha value is 0.310. The first-order valence-electron chi connectivity index (χ1n) is 17.2. The van der Waals surface area contributed by atoms with Crippen LogP contribution in [0.5, 0.6) is 0 Å².